The van der Waals surface area contributed by atoms with Gasteiger partial charge in [-0.05, 0) is 36.9 Å². The van der Waals surface area contributed by atoms with E-state index >= 15 is 0 Å². The number of anilines is 1. The molecule has 2 amide bonds. The van der Waals surface area contributed by atoms with E-state index in [2.05, 4.69) is 15.2 Å². The number of hydrogen-bond donors (Lipinski definition) is 1. The summed E-state index contributed by atoms with van der Waals surface area (Å²) >= 11 is 0. The van der Waals surface area contributed by atoms with Crippen molar-refractivity contribution in [3.63, 3.8) is 0 Å². The van der Waals surface area contributed by atoms with Gasteiger partial charge < -0.3 is 14.5 Å². The summed E-state index contributed by atoms with van der Waals surface area (Å²) in [6.45, 7) is 4.93. The highest BCUT2D eigenvalue weighted by atomic mass is 16.5. The van der Waals surface area contributed by atoms with Gasteiger partial charge in [-0.2, -0.15) is 0 Å². The molecule has 3 fully saturated rings. The van der Waals surface area contributed by atoms with Gasteiger partial charge in [0.05, 0.1) is 36.2 Å². The lowest BCUT2D eigenvalue weighted by molar-refractivity contribution is -0.141. The van der Waals surface area contributed by atoms with Crippen LogP contribution in [0.1, 0.15) is 15.9 Å². The Morgan fingerprint density at radius 3 is 2.33 bits per heavy atom. The second-order valence-corrected chi connectivity index (χ2v) is 9.89. The van der Waals surface area contributed by atoms with Gasteiger partial charge in [0.2, 0.25) is 11.8 Å². The molecule has 0 bridgehead atoms. The number of fused-ring (bicyclic) bond motifs is 1. The average Bonchev–Trinajstić information content (AvgIpc) is 3.24. The molecule has 0 aromatic heterocycles. The number of hydrazine groups is 1. The standard InChI is InChI=1S/C27H33N5O4/c1-29-17-22(24-23(18-29)26(34)32(28-24)21-6-4-3-5-7-21)25(33)31-14-12-30(13-15-31)16-19-8-10-20(11-9-19)27(35)36-2/h3-11,22-24,28H,12-18H2,1-2H3. The van der Waals surface area contributed by atoms with Crippen molar-refractivity contribution in [2.75, 3.05) is 58.4 Å². The Morgan fingerprint density at radius 2 is 1.67 bits per heavy atom. The van der Waals surface area contributed by atoms with Crippen molar-refractivity contribution < 1.29 is 19.1 Å². The Hall–Kier alpha value is -3.27. The Kier molecular flexibility index (Phi) is 7.04. The predicted molar refractivity (Wildman–Crippen MR) is 135 cm³/mol. The van der Waals surface area contributed by atoms with Gasteiger partial charge in [0.1, 0.15) is 0 Å². The first kappa shape index (κ1) is 24.4. The molecule has 190 valence electrons. The minimum Gasteiger partial charge on any atom is -0.465 e. The van der Waals surface area contributed by atoms with E-state index in [1.165, 1.54) is 7.11 Å². The number of rotatable bonds is 5. The first-order valence-corrected chi connectivity index (χ1v) is 12.5. The number of piperidine rings is 1. The van der Waals surface area contributed by atoms with Crippen LogP contribution < -0.4 is 10.4 Å². The highest BCUT2D eigenvalue weighted by molar-refractivity contribution is 5.98. The van der Waals surface area contributed by atoms with E-state index < -0.39 is 0 Å². The molecule has 0 spiro atoms. The van der Waals surface area contributed by atoms with Crippen LogP contribution in [0, 0.1) is 11.8 Å². The van der Waals surface area contributed by atoms with E-state index in [1.807, 2.05) is 54.4 Å². The highest BCUT2D eigenvalue weighted by Crippen LogP contribution is 2.32. The minimum atomic E-state index is -0.338. The zero-order chi connectivity index (χ0) is 25.2. The van der Waals surface area contributed by atoms with Crippen LogP contribution in [0.25, 0.3) is 0 Å². The lowest BCUT2D eigenvalue weighted by Crippen LogP contribution is -2.59. The Bertz CT molecular complexity index is 1100. The molecule has 2 aromatic rings. The third-order valence-corrected chi connectivity index (χ3v) is 7.50. The van der Waals surface area contributed by atoms with Crippen molar-refractivity contribution in [1.29, 1.82) is 0 Å². The molecule has 0 aliphatic carbocycles. The number of likely N-dealkylation sites (tertiary alicyclic amines) is 1. The molecule has 1 N–H and O–H groups in total. The van der Waals surface area contributed by atoms with Gasteiger partial charge in [-0.3, -0.25) is 14.5 Å². The lowest BCUT2D eigenvalue weighted by Gasteiger charge is -2.41. The van der Waals surface area contributed by atoms with Gasteiger partial charge in [0.15, 0.2) is 0 Å². The van der Waals surface area contributed by atoms with E-state index in [4.69, 9.17) is 4.74 Å². The molecule has 0 radical (unpaired) electrons. The van der Waals surface area contributed by atoms with Crippen molar-refractivity contribution >= 4 is 23.5 Å². The SMILES string of the molecule is COC(=O)c1ccc(CN2CCN(C(=O)C3CN(C)CC4C(=O)N(c5ccccc5)NC34)CC2)cc1. The van der Waals surface area contributed by atoms with Gasteiger partial charge in [-0.1, -0.05) is 30.3 Å². The molecular weight excluding hydrogens is 458 g/mol. The van der Waals surface area contributed by atoms with Crippen LogP contribution in [0.2, 0.25) is 0 Å². The first-order chi connectivity index (χ1) is 17.4. The van der Waals surface area contributed by atoms with Crippen LogP contribution in [0.4, 0.5) is 5.69 Å². The van der Waals surface area contributed by atoms with Crippen LogP contribution >= 0.6 is 0 Å². The van der Waals surface area contributed by atoms with Crippen molar-refractivity contribution in [3.05, 3.63) is 65.7 Å². The topological polar surface area (TPSA) is 85.4 Å². The number of nitrogens with one attached hydrogen (secondary N) is 1. The number of para-hydroxylation sites is 1. The van der Waals surface area contributed by atoms with E-state index in [0.717, 1.165) is 30.9 Å². The number of hydrogen-bond acceptors (Lipinski definition) is 7. The summed E-state index contributed by atoms with van der Waals surface area (Å²) in [7, 11) is 3.36. The van der Waals surface area contributed by atoms with Crippen LogP contribution in [-0.4, -0.2) is 92.0 Å². The molecule has 36 heavy (non-hydrogen) atoms. The van der Waals surface area contributed by atoms with Crippen molar-refractivity contribution in [2.24, 2.45) is 11.8 Å². The summed E-state index contributed by atoms with van der Waals surface area (Å²) in [5.41, 5.74) is 5.84. The fourth-order valence-corrected chi connectivity index (χ4v) is 5.54. The number of amides is 2. The monoisotopic (exact) mass is 491 g/mol. The number of piperazine rings is 1. The maximum atomic E-state index is 13.7. The van der Waals surface area contributed by atoms with Crippen LogP contribution in [-0.2, 0) is 20.9 Å². The third kappa shape index (κ3) is 4.86. The van der Waals surface area contributed by atoms with Crippen LogP contribution in [0.15, 0.2) is 54.6 Å². The van der Waals surface area contributed by atoms with Crippen molar-refractivity contribution in [3.8, 4) is 0 Å². The number of nitrogens with zero attached hydrogens (tertiary/aromatic N) is 4. The predicted octanol–water partition coefficient (Wildman–Crippen LogP) is 1.22. The fourth-order valence-electron chi connectivity index (χ4n) is 5.54. The molecule has 3 aliphatic rings. The summed E-state index contributed by atoms with van der Waals surface area (Å²) in [6, 6.07) is 16.8. The molecule has 9 heteroatoms. The van der Waals surface area contributed by atoms with E-state index in [9.17, 15) is 14.4 Å². The van der Waals surface area contributed by atoms with E-state index in [-0.39, 0.29) is 35.7 Å². The van der Waals surface area contributed by atoms with Gasteiger partial charge in [0, 0.05) is 45.8 Å². The Morgan fingerprint density at radius 1 is 0.972 bits per heavy atom. The van der Waals surface area contributed by atoms with Gasteiger partial charge >= 0.3 is 5.97 Å². The van der Waals surface area contributed by atoms with Gasteiger partial charge in [0.25, 0.3) is 0 Å². The number of methoxy groups -OCH3 is 1. The second kappa shape index (κ2) is 10.4. The third-order valence-electron chi connectivity index (χ3n) is 7.50. The summed E-state index contributed by atoms with van der Waals surface area (Å²) in [6.07, 6.45) is 0. The number of ether oxygens (including phenoxy) is 1. The molecule has 3 atom stereocenters. The number of benzene rings is 2. The zero-order valence-corrected chi connectivity index (χ0v) is 20.8. The molecule has 5 rings (SSSR count). The van der Waals surface area contributed by atoms with E-state index in [0.29, 0.717) is 31.7 Å². The number of carbonyl (C=O) groups is 3. The quantitative estimate of drug-likeness (QED) is 0.630. The summed E-state index contributed by atoms with van der Waals surface area (Å²) in [5.74, 6) is -0.710. The van der Waals surface area contributed by atoms with Crippen molar-refractivity contribution in [2.45, 2.75) is 12.6 Å². The molecule has 3 heterocycles. The molecule has 2 aromatic carbocycles. The normalized spacial score (nSPS) is 25.1. The minimum absolute atomic E-state index is 0.0265. The van der Waals surface area contributed by atoms with E-state index in [1.54, 1.807) is 17.1 Å². The summed E-state index contributed by atoms with van der Waals surface area (Å²) in [5, 5.41) is 1.62. The number of carbonyl (C=O) groups excluding carboxylic acids is 3. The summed E-state index contributed by atoms with van der Waals surface area (Å²) in [4.78, 5) is 44.9. The molecule has 3 unspecified atom stereocenters. The Balaban J connectivity index is 1.20. The zero-order valence-electron chi connectivity index (χ0n) is 20.8. The van der Waals surface area contributed by atoms with Gasteiger partial charge in [-0.15, -0.1) is 0 Å². The van der Waals surface area contributed by atoms with Crippen LogP contribution in [0.3, 0.4) is 0 Å². The average molecular weight is 492 g/mol. The Labute approximate surface area is 211 Å². The summed E-state index contributed by atoms with van der Waals surface area (Å²) < 4.78 is 4.76. The van der Waals surface area contributed by atoms with Crippen molar-refractivity contribution in [1.82, 2.24) is 20.1 Å². The highest BCUT2D eigenvalue weighted by Gasteiger charge is 2.51. The maximum absolute atomic E-state index is 13.7. The molecule has 3 aliphatic heterocycles. The number of esters is 1. The molecule has 9 nitrogen and oxygen atoms in total. The first-order valence-electron chi connectivity index (χ1n) is 12.5. The maximum Gasteiger partial charge on any atom is 0.337 e. The lowest BCUT2D eigenvalue weighted by atomic mass is 9.84. The van der Waals surface area contributed by atoms with Gasteiger partial charge in [-0.25, -0.2) is 15.2 Å². The molecule has 0 saturated carbocycles. The molecular formula is C27H33N5O4. The fraction of sp³-hybridized carbons (Fsp3) is 0.444. The molecule has 3 saturated heterocycles. The largest absolute Gasteiger partial charge is 0.465 e. The smallest absolute Gasteiger partial charge is 0.337 e. The second-order valence-electron chi connectivity index (χ2n) is 9.89. The van der Waals surface area contributed by atoms with Crippen LogP contribution in [0.5, 0.6) is 0 Å².